The number of aromatic nitrogens is 2. The minimum atomic E-state index is -1.24. The lowest BCUT2D eigenvalue weighted by molar-refractivity contribution is -0.157. The van der Waals surface area contributed by atoms with E-state index in [9.17, 15) is 9.59 Å². The van der Waals surface area contributed by atoms with Crippen LogP contribution in [0.1, 0.15) is 25.5 Å². The number of carbonyl (C=O) groups excluding carboxylic acids is 2. The second-order valence-electron chi connectivity index (χ2n) is 5.94. The summed E-state index contributed by atoms with van der Waals surface area (Å²) in [5.41, 5.74) is 2.29. The molecule has 0 saturated heterocycles. The Morgan fingerprint density at radius 2 is 1.64 bits per heavy atom. The highest BCUT2D eigenvalue weighted by molar-refractivity contribution is 6.02. The number of rotatable bonds is 7. The molecule has 2 heterocycles. The van der Waals surface area contributed by atoms with Crippen molar-refractivity contribution in [3.63, 3.8) is 0 Å². The van der Waals surface area contributed by atoms with E-state index < -0.39 is 17.9 Å². The molecule has 3 rings (SSSR count). The summed E-state index contributed by atoms with van der Waals surface area (Å²) in [5.74, 6) is -1.88. The number of pyridine rings is 1. The number of hydrogen-bond acceptors (Lipinski definition) is 6. The number of nitrogens with zero attached hydrogens (tertiary/aromatic N) is 2. The van der Waals surface area contributed by atoms with Gasteiger partial charge in [0, 0.05) is 11.8 Å². The lowest BCUT2D eigenvalue weighted by Gasteiger charge is -2.16. The van der Waals surface area contributed by atoms with Crippen molar-refractivity contribution in [2.75, 3.05) is 20.3 Å². The first-order valence-electron chi connectivity index (χ1n) is 9.05. The number of imidazole rings is 1. The molecule has 0 atom stereocenters. The van der Waals surface area contributed by atoms with Crippen LogP contribution in [0.5, 0.6) is 5.75 Å². The Bertz CT molecular complexity index is 960. The molecule has 0 aliphatic carbocycles. The Balaban J connectivity index is 2.23. The van der Waals surface area contributed by atoms with E-state index in [0.29, 0.717) is 22.8 Å². The third-order valence-electron chi connectivity index (χ3n) is 4.25. The average molecular weight is 382 g/mol. The number of esters is 2. The molecule has 7 nitrogen and oxygen atoms in total. The van der Waals surface area contributed by atoms with Gasteiger partial charge in [-0.05, 0) is 50.2 Å². The molecule has 146 valence electrons. The zero-order valence-electron chi connectivity index (χ0n) is 16.0. The third-order valence-corrected chi connectivity index (χ3v) is 4.25. The van der Waals surface area contributed by atoms with Gasteiger partial charge in [0.2, 0.25) is 0 Å². The fraction of sp³-hybridized carbons (Fsp3) is 0.286. The van der Waals surface area contributed by atoms with Crippen LogP contribution in [0, 0.1) is 0 Å². The van der Waals surface area contributed by atoms with Crippen LogP contribution in [-0.2, 0) is 19.1 Å². The van der Waals surface area contributed by atoms with Crippen LogP contribution in [0.2, 0.25) is 0 Å². The highest BCUT2D eigenvalue weighted by atomic mass is 16.6. The van der Waals surface area contributed by atoms with Crippen molar-refractivity contribution in [2.45, 2.75) is 19.8 Å². The van der Waals surface area contributed by atoms with Gasteiger partial charge in [-0.25, -0.2) is 4.98 Å². The smallest absolute Gasteiger partial charge is 0.326 e. The van der Waals surface area contributed by atoms with Gasteiger partial charge >= 0.3 is 11.9 Å². The molecule has 3 aromatic rings. The number of benzene rings is 1. The van der Waals surface area contributed by atoms with Crippen LogP contribution in [0.15, 0.2) is 48.7 Å². The molecule has 0 aliphatic heterocycles. The van der Waals surface area contributed by atoms with E-state index in [4.69, 9.17) is 14.2 Å². The van der Waals surface area contributed by atoms with Crippen molar-refractivity contribution >= 4 is 17.6 Å². The van der Waals surface area contributed by atoms with Gasteiger partial charge in [-0.2, -0.15) is 0 Å². The molecule has 0 spiro atoms. The second kappa shape index (κ2) is 8.56. The molecule has 0 N–H and O–H groups in total. The molecular formula is C21H22N2O5. The molecule has 1 aromatic carbocycles. The monoisotopic (exact) mass is 382 g/mol. The van der Waals surface area contributed by atoms with Gasteiger partial charge in [0.15, 0.2) is 5.92 Å². The summed E-state index contributed by atoms with van der Waals surface area (Å²) in [5, 5.41) is 0. The van der Waals surface area contributed by atoms with Crippen molar-refractivity contribution in [1.82, 2.24) is 9.38 Å². The topological polar surface area (TPSA) is 79.1 Å². The maximum atomic E-state index is 12.7. The molecule has 0 bridgehead atoms. The van der Waals surface area contributed by atoms with Crippen LogP contribution in [0.3, 0.4) is 0 Å². The summed E-state index contributed by atoms with van der Waals surface area (Å²) in [4.78, 5) is 30.1. The van der Waals surface area contributed by atoms with Gasteiger partial charge in [-0.15, -0.1) is 0 Å². The van der Waals surface area contributed by atoms with E-state index in [1.807, 2.05) is 30.3 Å². The van der Waals surface area contributed by atoms with E-state index in [0.717, 1.165) is 5.56 Å². The molecule has 7 heteroatoms. The average Bonchev–Trinajstić information content (AvgIpc) is 3.08. The van der Waals surface area contributed by atoms with Gasteiger partial charge in [0.05, 0.1) is 31.7 Å². The zero-order chi connectivity index (χ0) is 20.1. The van der Waals surface area contributed by atoms with Gasteiger partial charge in [0.25, 0.3) is 0 Å². The van der Waals surface area contributed by atoms with Gasteiger partial charge < -0.3 is 18.6 Å². The highest BCUT2D eigenvalue weighted by Gasteiger charge is 2.37. The third kappa shape index (κ3) is 3.69. The van der Waals surface area contributed by atoms with E-state index in [2.05, 4.69) is 4.98 Å². The Morgan fingerprint density at radius 1 is 1.00 bits per heavy atom. The summed E-state index contributed by atoms with van der Waals surface area (Å²) >= 11 is 0. The van der Waals surface area contributed by atoms with Gasteiger partial charge in [0.1, 0.15) is 11.4 Å². The van der Waals surface area contributed by atoms with E-state index in [1.54, 1.807) is 43.7 Å². The van der Waals surface area contributed by atoms with Gasteiger partial charge in [-0.1, -0.05) is 6.07 Å². The molecule has 2 aromatic heterocycles. The standard InChI is InChI=1S/C21H22N2O5/c1-4-27-20(24)17(21(25)28-5-2)19-18(14-9-11-15(26-3)12-10-14)22-16-8-6-7-13-23(16)19/h6-13,17H,4-5H2,1-3H3. The van der Waals surface area contributed by atoms with Crippen molar-refractivity contribution in [2.24, 2.45) is 0 Å². The lowest BCUT2D eigenvalue weighted by atomic mass is 9.99. The van der Waals surface area contributed by atoms with E-state index in [1.165, 1.54) is 0 Å². The van der Waals surface area contributed by atoms with Crippen molar-refractivity contribution in [1.29, 1.82) is 0 Å². The maximum absolute atomic E-state index is 12.7. The number of fused-ring (bicyclic) bond motifs is 1. The lowest BCUT2D eigenvalue weighted by Crippen LogP contribution is -2.27. The van der Waals surface area contributed by atoms with Crippen molar-refractivity contribution in [3.8, 4) is 17.0 Å². The van der Waals surface area contributed by atoms with Crippen LogP contribution in [0.25, 0.3) is 16.9 Å². The predicted molar refractivity (Wildman–Crippen MR) is 103 cm³/mol. The molecule has 0 radical (unpaired) electrons. The van der Waals surface area contributed by atoms with Crippen molar-refractivity contribution in [3.05, 3.63) is 54.4 Å². The highest BCUT2D eigenvalue weighted by Crippen LogP contribution is 2.32. The first kappa shape index (κ1) is 19.4. The molecule has 0 saturated carbocycles. The second-order valence-corrected chi connectivity index (χ2v) is 5.94. The minimum absolute atomic E-state index is 0.156. The number of ether oxygens (including phenoxy) is 3. The summed E-state index contributed by atoms with van der Waals surface area (Å²) in [6.07, 6.45) is 1.76. The summed E-state index contributed by atoms with van der Waals surface area (Å²) < 4.78 is 17.3. The SMILES string of the molecule is CCOC(=O)C(C(=O)OCC)c1c(-c2ccc(OC)cc2)nc2ccccn12. The minimum Gasteiger partial charge on any atom is -0.497 e. The number of methoxy groups -OCH3 is 1. The largest absolute Gasteiger partial charge is 0.497 e. The molecular weight excluding hydrogens is 360 g/mol. The molecule has 0 fully saturated rings. The summed E-state index contributed by atoms with van der Waals surface area (Å²) in [6.45, 7) is 3.70. The molecule has 0 amide bonds. The van der Waals surface area contributed by atoms with Gasteiger partial charge in [-0.3, -0.25) is 9.59 Å². The van der Waals surface area contributed by atoms with Crippen LogP contribution in [0.4, 0.5) is 0 Å². The summed E-state index contributed by atoms with van der Waals surface area (Å²) in [6, 6.07) is 12.7. The van der Waals surface area contributed by atoms with Crippen molar-refractivity contribution < 1.29 is 23.8 Å². The molecule has 28 heavy (non-hydrogen) atoms. The van der Waals surface area contributed by atoms with Crippen LogP contribution >= 0.6 is 0 Å². The first-order chi connectivity index (χ1) is 13.6. The Kier molecular flexibility index (Phi) is 5.93. The summed E-state index contributed by atoms with van der Waals surface area (Å²) in [7, 11) is 1.59. The maximum Gasteiger partial charge on any atom is 0.326 e. The van der Waals surface area contributed by atoms with Crippen LogP contribution < -0.4 is 4.74 Å². The molecule has 0 unspecified atom stereocenters. The normalized spacial score (nSPS) is 10.9. The Hall–Kier alpha value is -3.35. The Morgan fingerprint density at radius 3 is 2.21 bits per heavy atom. The molecule has 0 aliphatic rings. The predicted octanol–water partition coefficient (Wildman–Crippen LogP) is 3.22. The quantitative estimate of drug-likeness (QED) is 0.461. The Labute approximate surface area is 162 Å². The number of hydrogen-bond donors (Lipinski definition) is 0. The fourth-order valence-electron chi connectivity index (χ4n) is 3.02. The van der Waals surface area contributed by atoms with E-state index in [-0.39, 0.29) is 13.2 Å². The van der Waals surface area contributed by atoms with E-state index >= 15 is 0 Å². The fourth-order valence-corrected chi connectivity index (χ4v) is 3.02. The number of carbonyl (C=O) groups is 2. The first-order valence-corrected chi connectivity index (χ1v) is 9.05. The van der Waals surface area contributed by atoms with Crippen LogP contribution in [-0.4, -0.2) is 41.6 Å². The zero-order valence-corrected chi connectivity index (χ0v) is 16.0.